The lowest BCUT2D eigenvalue weighted by atomic mass is 10.1. The zero-order valence-electron chi connectivity index (χ0n) is 8.39. The van der Waals surface area contributed by atoms with Gasteiger partial charge in [-0.1, -0.05) is 0 Å². The Kier molecular flexibility index (Phi) is 2.24. The zero-order valence-corrected chi connectivity index (χ0v) is 8.39. The highest BCUT2D eigenvalue weighted by atomic mass is 16.6. The largest absolute Gasteiger partial charge is 0.496 e. The number of ether oxygens (including phenoxy) is 1. The summed E-state index contributed by atoms with van der Waals surface area (Å²) in [5, 5.41) is 13.2. The van der Waals surface area contributed by atoms with E-state index >= 15 is 0 Å². The van der Waals surface area contributed by atoms with Crippen LogP contribution in [0.5, 0.6) is 5.75 Å². The molecule has 1 heterocycles. The Bertz CT molecular complexity index is 486. The molecule has 1 aromatic rings. The van der Waals surface area contributed by atoms with Crippen molar-refractivity contribution in [2.24, 2.45) is 5.73 Å². The number of fused-ring (bicyclic) bond motifs is 1. The van der Waals surface area contributed by atoms with Crippen LogP contribution >= 0.6 is 0 Å². The second-order valence-corrected chi connectivity index (χ2v) is 3.33. The van der Waals surface area contributed by atoms with Crippen molar-refractivity contribution in [1.82, 2.24) is 0 Å². The van der Waals surface area contributed by atoms with Crippen LogP contribution in [-0.4, -0.2) is 17.9 Å². The van der Waals surface area contributed by atoms with Gasteiger partial charge in [0.15, 0.2) is 0 Å². The summed E-state index contributed by atoms with van der Waals surface area (Å²) >= 11 is 0. The van der Waals surface area contributed by atoms with Crippen LogP contribution in [0.15, 0.2) is 12.1 Å². The van der Waals surface area contributed by atoms with Gasteiger partial charge < -0.3 is 15.8 Å². The van der Waals surface area contributed by atoms with Gasteiger partial charge in [-0.3, -0.25) is 14.9 Å². The van der Waals surface area contributed by atoms with E-state index in [2.05, 4.69) is 5.32 Å². The number of nitrogens with two attached hydrogens (primary N) is 1. The summed E-state index contributed by atoms with van der Waals surface area (Å²) in [4.78, 5) is 21.5. The van der Waals surface area contributed by atoms with Crippen molar-refractivity contribution in [2.45, 2.75) is 6.04 Å². The summed E-state index contributed by atoms with van der Waals surface area (Å²) in [5.74, 6) is -0.149. The Balaban J connectivity index is 2.65. The van der Waals surface area contributed by atoms with Crippen molar-refractivity contribution in [3.8, 4) is 5.75 Å². The van der Waals surface area contributed by atoms with Crippen LogP contribution in [0.3, 0.4) is 0 Å². The predicted octanol–water partition coefficient (Wildman–Crippen LogP) is 0.555. The molecule has 1 unspecified atom stereocenters. The van der Waals surface area contributed by atoms with E-state index in [9.17, 15) is 14.9 Å². The van der Waals surface area contributed by atoms with Crippen molar-refractivity contribution < 1.29 is 14.5 Å². The van der Waals surface area contributed by atoms with Crippen LogP contribution < -0.4 is 15.8 Å². The molecule has 0 bridgehead atoms. The molecule has 1 amide bonds. The molecule has 1 aliphatic rings. The molecular weight excluding hydrogens is 214 g/mol. The first-order chi connectivity index (χ1) is 7.54. The Labute approximate surface area is 90.3 Å². The number of rotatable bonds is 2. The molecule has 0 saturated heterocycles. The molecule has 84 valence electrons. The van der Waals surface area contributed by atoms with E-state index in [1.165, 1.54) is 19.2 Å². The normalized spacial score (nSPS) is 17.9. The lowest BCUT2D eigenvalue weighted by Crippen LogP contribution is -2.19. The molecule has 16 heavy (non-hydrogen) atoms. The fourth-order valence-corrected chi connectivity index (χ4v) is 1.61. The lowest BCUT2D eigenvalue weighted by molar-refractivity contribution is -0.384. The minimum Gasteiger partial charge on any atom is -0.496 e. The van der Waals surface area contributed by atoms with Gasteiger partial charge in [0.1, 0.15) is 17.5 Å². The van der Waals surface area contributed by atoms with Crippen LogP contribution in [0, 0.1) is 10.1 Å². The van der Waals surface area contributed by atoms with Gasteiger partial charge in [-0.25, -0.2) is 0 Å². The first-order valence-electron chi connectivity index (χ1n) is 4.47. The van der Waals surface area contributed by atoms with Crippen LogP contribution in [-0.2, 0) is 4.79 Å². The molecule has 0 aliphatic carbocycles. The summed E-state index contributed by atoms with van der Waals surface area (Å²) in [7, 11) is 1.39. The highest BCUT2D eigenvalue weighted by Gasteiger charge is 2.34. The van der Waals surface area contributed by atoms with E-state index in [1.54, 1.807) is 0 Å². The van der Waals surface area contributed by atoms with Gasteiger partial charge >= 0.3 is 0 Å². The Morgan fingerprint density at radius 2 is 2.25 bits per heavy atom. The first kappa shape index (κ1) is 10.4. The van der Waals surface area contributed by atoms with Crippen LogP contribution in [0.1, 0.15) is 11.6 Å². The van der Waals surface area contributed by atoms with Crippen LogP contribution in [0.25, 0.3) is 0 Å². The summed E-state index contributed by atoms with van der Waals surface area (Å²) in [6.07, 6.45) is 0. The summed E-state index contributed by atoms with van der Waals surface area (Å²) < 4.78 is 4.91. The SMILES string of the molecule is COc1cc2c(c([N+](=O)[O-])c1)NC(=O)C2N. The molecule has 1 aliphatic heterocycles. The van der Waals surface area contributed by atoms with Gasteiger partial charge in [0.05, 0.1) is 18.1 Å². The number of benzene rings is 1. The number of amides is 1. The number of hydrogen-bond donors (Lipinski definition) is 2. The van der Waals surface area contributed by atoms with Crippen LogP contribution in [0.2, 0.25) is 0 Å². The number of methoxy groups -OCH3 is 1. The molecule has 0 saturated carbocycles. The van der Waals surface area contributed by atoms with E-state index in [0.717, 1.165) is 0 Å². The van der Waals surface area contributed by atoms with E-state index in [4.69, 9.17) is 10.5 Å². The highest BCUT2D eigenvalue weighted by molar-refractivity contribution is 6.05. The second kappa shape index (κ2) is 3.46. The van der Waals surface area contributed by atoms with Crippen molar-refractivity contribution in [3.63, 3.8) is 0 Å². The fourth-order valence-electron chi connectivity index (χ4n) is 1.61. The predicted molar refractivity (Wildman–Crippen MR) is 55.2 cm³/mol. The molecule has 0 radical (unpaired) electrons. The molecule has 7 nitrogen and oxygen atoms in total. The van der Waals surface area contributed by atoms with E-state index in [1.807, 2.05) is 0 Å². The van der Waals surface area contributed by atoms with E-state index in [-0.39, 0.29) is 11.4 Å². The summed E-state index contributed by atoms with van der Waals surface area (Å²) in [6.45, 7) is 0. The number of nitrogens with one attached hydrogen (secondary N) is 1. The number of nitro groups is 1. The minimum atomic E-state index is -0.885. The van der Waals surface area contributed by atoms with Gasteiger partial charge in [0, 0.05) is 5.56 Å². The maximum atomic E-state index is 11.3. The van der Waals surface area contributed by atoms with Crippen molar-refractivity contribution >= 4 is 17.3 Å². The van der Waals surface area contributed by atoms with Crippen molar-refractivity contribution in [1.29, 1.82) is 0 Å². The van der Waals surface area contributed by atoms with Crippen molar-refractivity contribution in [2.75, 3.05) is 12.4 Å². The number of hydrogen-bond acceptors (Lipinski definition) is 5. The third kappa shape index (κ3) is 1.38. The zero-order chi connectivity index (χ0) is 11.9. The van der Waals surface area contributed by atoms with Crippen LogP contribution in [0.4, 0.5) is 11.4 Å². The number of nitrogens with zero attached hydrogens (tertiary/aromatic N) is 1. The average molecular weight is 223 g/mol. The maximum Gasteiger partial charge on any atom is 0.296 e. The summed E-state index contributed by atoms with van der Waals surface area (Å²) in [6, 6.07) is 1.88. The minimum absolute atomic E-state index is 0.156. The van der Waals surface area contributed by atoms with Gasteiger partial charge in [-0.2, -0.15) is 0 Å². The Morgan fingerprint density at radius 3 is 2.81 bits per heavy atom. The molecule has 0 aromatic heterocycles. The smallest absolute Gasteiger partial charge is 0.296 e. The highest BCUT2D eigenvalue weighted by Crippen LogP contribution is 2.40. The molecule has 1 aromatic carbocycles. The fraction of sp³-hybridized carbons (Fsp3) is 0.222. The third-order valence-electron chi connectivity index (χ3n) is 2.42. The third-order valence-corrected chi connectivity index (χ3v) is 2.42. The van der Waals surface area contributed by atoms with Crippen molar-refractivity contribution in [3.05, 3.63) is 27.8 Å². The molecule has 0 spiro atoms. The van der Waals surface area contributed by atoms with Gasteiger partial charge in [0.2, 0.25) is 5.91 Å². The number of carbonyl (C=O) groups is 1. The van der Waals surface area contributed by atoms with Gasteiger partial charge in [-0.05, 0) is 6.07 Å². The monoisotopic (exact) mass is 223 g/mol. The standard InChI is InChI=1S/C9H9N3O4/c1-16-4-2-5-7(10)9(13)11-8(5)6(3-4)12(14)15/h2-3,7H,10H2,1H3,(H,11,13). The summed E-state index contributed by atoms with van der Waals surface area (Å²) in [5.41, 5.74) is 5.92. The number of anilines is 1. The number of carbonyl (C=O) groups excluding carboxylic acids is 1. The maximum absolute atomic E-state index is 11.3. The quantitative estimate of drug-likeness (QED) is 0.562. The molecule has 7 heteroatoms. The molecule has 0 fully saturated rings. The number of nitro benzene ring substituents is 1. The van der Waals surface area contributed by atoms with Gasteiger partial charge in [0.25, 0.3) is 5.69 Å². The molecule has 1 atom stereocenters. The molecular formula is C9H9N3O4. The molecule has 3 N–H and O–H groups in total. The lowest BCUT2D eigenvalue weighted by Gasteiger charge is -2.05. The topological polar surface area (TPSA) is 107 Å². The molecule has 2 rings (SSSR count). The first-order valence-corrected chi connectivity index (χ1v) is 4.47. The Morgan fingerprint density at radius 1 is 1.56 bits per heavy atom. The second-order valence-electron chi connectivity index (χ2n) is 3.33. The Hall–Kier alpha value is -2.15. The average Bonchev–Trinajstić information content (AvgIpc) is 2.54. The van der Waals surface area contributed by atoms with Gasteiger partial charge in [-0.15, -0.1) is 0 Å². The van der Waals surface area contributed by atoms with E-state index < -0.39 is 16.9 Å². The van der Waals surface area contributed by atoms with E-state index in [0.29, 0.717) is 11.3 Å².